The fourth-order valence-corrected chi connectivity index (χ4v) is 1.28. The molecule has 0 aliphatic carbocycles. The van der Waals surface area contributed by atoms with Gasteiger partial charge in [-0.15, -0.1) is 0 Å². The number of pyridine rings is 2. The molecule has 0 unspecified atom stereocenters. The zero-order valence-corrected chi connectivity index (χ0v) is 33.7. The molecule has 0 amide bonds. The molecule has 0 fully saturated rings. The SMILES string of the molecule is CC.CC.CC.CC.CC(=O)c1ccccn1.CCC(=O)c1ccccn1.CCI.[CH3-].[I][V]([I])[I]. The number of hydrogen-bond donors (Lipinski definition) is 0. The number of ketones is 2. The average Bonchev–Trinajstić information content (AvgIpc) is 2.90. The van der Waals surface area contributed by atoms with Crippen LogP contribution in [0.5, 0.6) is 0 Å². The fraction of sp³-hybridized carbons (Fsp3) is 0.500. The van der Waals surface area contributed by atoms with Crippen LogP contribution in [-0.4, -0.2) is 26.0 Å². The summed E-state index contributed by atoms with van der Waals surface area (Å²) in [5.74, 6) is 0.108. The van der Waals surface area contributed by atoms with Crippen molar-refractivity contribution in [3.63, 3.8) is 0 Å². The van der Waals surface area contributed by atoms with Crippen LogP contribution in [0.25, 0.3) is 0 Å². The van der Waals surface area contributed by atoms with Crippen molar-refractivity contribution >= 4 is 94.1 Å². The number of hydrogen-bond acceptors (Lipinski definition) is 4. The molecule has 2 aromatic heterocycles. The molecule has 0 bridgehead atoms. The molecule has 0 aliphatic rings. The molecule has 2 aromatic rings. The quantitative estimate of drug-likeness (QED) is 0.133. The van der Waals surface area contributed by atoms with E-state index in [1.54, 1.807) is 42.7 Å². The first-order chi connectivity index (χ1) is 16.3. The molecule has 0 aliphatic heterocycles. The Morgan fingerprint density at radius 1 is 0.743 bits per heavy atom. The van der Waals surface area contributed by atoms with E-state index >= 15 is 0 Å². The number of alkyl halides is 1. The van der Waals surface area contributed by atoms with E-state index in [1.807, 2.05) is 68.4 Å². The van der Waals surface area contributed by atoms with Crippen molar-refractivity contribution < 1.29 is 14.5 Å². The molecule has 2 rings (SSSR count). The minimum absolute atomic E-state index is 0. The predicted molar refractivity (Wildman–Crippen MR) is 192 cm³/mol. The Labute approximate surface area is 269 Å². The molecule has 35 heavy (non-hydrogen) atoms. The monoisotopic (exact) mass is 979 g/mol. The summed E-state index contributed by atoms with van der Waals surface area (Å²) in [4.78, 5) is 29.0. The molecular formula is C26H48I4N2O2V-. The predicted octanol–water partition coefficient (Wildman–Crippen LogP) is 11.6. The Bertz CT molecular complexity index is 604. The zero-order chi connectivity index (χ0) is 28.4. The second-order valence-corrected chi connectivity index (χ2v) is 41.1. The third-order valence-electron chi connectivity index (χ3n) is 2.30. The molecule has 0 spiro atoms. The van der Waals surface area contributed by atoms with Gasteiger partial charge in [0.05, 0.1) is 0 Å². The van der Waals surface area contributed by atoms with Gasteiger partial charge in [-0.3, -0.25) is 19.6 Å². The average molecular weight is 979 g/mol. The first kappa shape index (κ1) is 52.6. The van der Waals surface area contributed by atoms with Gasteiger partial charge in [0.15, 0.2) is 11.6 Å². The molecule has 208 valence electrons. The van der Waals surface area contributed by atoms with Crippen molar-refractivity contribution in [2.75, 3.05) is 4.43 Å². The van der Waals surface area contributed by atoms with Crippen LogP contribution in [0.3, 0.4) is 0 Å². The van der Waals surface area contributed by atoms with Gasteiger partial charge in [-0.1, -0.05) is 104 Å². The van der Waals surface area contributed by atoms with E-state index in [0.29, 0.717) is 17.8 Å². The van der Waals surface area contributed by atoms with Crippen molar-refractivity contribution in [2.45, 2.75) is 82.6 Å². The fourth-order valence-electron chi connectivity index (χ4n) is 1.28. The Hall–Kier alpha value is 1.14. The van der Waals surface area contributed by atoms with Crippen molar-refractivity contribution in [3.05, 3.63) is 67.6 Å². The molecule has 0 aromatic carbocycles. The second-order valence-electron chi connectivity index (χ2n) is 4.22. The Morgan fingerprint density at radius 3 is 1.20 bits per heavy atom. The molecule has 0 radical (unpaired) electrons. The molecule has 2 heterocycles. The van der Waals surface area contributed by atoms with Crippen molar-refractivity contribution in [2.24, 2.45) is 0 Å². The Morgan fingerprint density at radius 2 is 1.03 bits per heavy atom. The van der Waals surface area contributed by atoms with Crippen LogP contribution in [0.15, 0.2) is 48.8 Å². The molecule has 4 nitrogen and oxygen atoms in total. The molecule has 0 saturated heterocycles. The van der Waals surface area contributed by atoms with Crippen molar-refractivity contribution in [3.8, 4) is 0 Å². The summed E-state index contributed by atoms with van der Waals surface area (Å²) in [7, 11) is 0. The van der Waals surface area contributed by atoms with Gasteiger partial charge in [-0.2, -0.15) is 0 Å². The third-order valence-corrected chi connectivity index (χ3v) is 2.30. The zero-order valence-electron chi connectivity index (χ0n) is 23.7. The number of carbonyl (C=O) groups excluding carboxylic acids is 2. The van der Waals surface area contributed by atoms with E-state index in [-0.39, 0.29) is 23.9 Å². The number of aromatic nitrogens is 2. The third kappa shape index (κ3) is 52.4. The van der Waals surface area contributed by atoms with Gasteiger partial charge in [0.1, 0.15) is 11.4 Å². The molecule has 0 N–H and O–H groups in total. The minimum atomic E-state index is -0.278. The van der Waals surface area contributed by atoms with Crippen LogP contribution in [0.2, 0.25) is 0 Å². The number of nitrogens with zero attached hydrogens (tertiary/aromatic N) is 2. The normalized spacial score (nSPS) is 7.20. The molecule has 9 heteroatoms. The van der Waals surface area contributed by atoms with Gasteiger partial charge in [0, 0.05) is 25.7 Å². The van der Waals surface area contributed by atoms with E-state index < -0.39 is 0 Å². The van der Waals surface area contributed by atoms with Gasteiger partial charge in [-0.25, -0.2) is 0 Å². The second kappa shape index (κ2) is 51.7. The van der Waals surface area contributed by atoms with E-state index in [9.17, 15) is 9.59 Å². The van der Waals surface area contributed by atoms with E-state index in [2.05, 4.69) is 99.4 Å². The van der Waals surface area contributed by atoms with Crippen LogP contribution >= 0.6 is 82.5 Å². The van der Waals surface area contributed by atoms with Crippen LogP contribution in [-0.2, 0) is 4.92 Å². The van der Waals surface area contributed by atoms with Gasteiger partial charge < -0.3 is 7.43 Å². The van der Waals surface area contributed by atoms with E-state index in [1.165, 1.54) is 11.4 Å². The number of Topliss-reactive ketones (excluding diaryl/α,β-unsaturated/α-hetero) is 2. The van der Waals surface area contributed by atoms with Crippen LogP contribution in [0.1, 0.15) is 104 Å². The molecule has 0 saturated carbocycles. The first-order valence-electron chi connectivity index (χ1n) is 11.5. The van der Waals surface area contributed by atoms with Crippen molar-refractivity contribution in [1.29, 1.82) is 0 Å². The van der Waals surface area contributed by atoms with Crippen LogP contribution in [0.4, 0.5) is 0 Å². The van der Waals surface area contributed by atoms with Gasteiger partial charge in [0.25, 0.3) is 0 Å². The topological polar surface area (TPSA) is 59.9 Å². The maximum atomic E-state index is 11.0. The summed E-state index contributed by atoms with van der Waals surface area (Å²) in [6, 6.07) is 10.6. The summed E-state index contributed by atoms with van der Waals surface area (Å²) in [5.41, 5.74) is 1.09. The maximum absolute atomic E-state index is 11.0. The number of rotatable bonds is 3. The van der Waals surface area contributed by atoms with Gasteiger partial charge >= 0.3 is 64.9 Å². The van der Waals surface area contributed by atoms with E-state index in [4.69, 9.17) is 0 Å². The number of halogens is 4. The Balaban J connectivity index is -0.0000000575. The number of carbonyl (C=O) groups is 2. The van der Waals surface area contributed by atoms with E-state index in [0.717, 1.165) is 0 Å². The summed E-state index contributed by atoms with van der Waals surface area (Å²) in [6.07, 6.45) is 3.76. The summed E-state index contributed by atoms with van der Waals surface area (Å²) >= 11 is 9.68. The van der Waals surface area contributed by atoms with Crippen LogP contribution < -0.4 is 0 Å². The molecular weight excluding hydrogens is 931 g/mol. The van der Waals surface area contributed by atoms with Gasteiger partial charge in [0.2, 0.25) is 0 Å². The first-order valence-corrected chi connectivity index (χ1v) is 26.5. The molecule has 0 atom stereocenters. The standard InChI is InChI=1S/C8H9NO.C7H7NO.C2H5I.4C2H6.CH3.3HI.V/c1-2-8(10)7-5-3-4-6-9-7;1-6(9)7-4-2-3-5-8-7;1-2-3;4*1-2;;;;;/h3-6H,2H2,1H3;2-5H,1H3;2H2,1H3;4*1-2H3;1H3;3*1H;/q;;;;;;;-1;;;;+3/p-3. The van der Waals surface area contributed by atoms with Crippen molar-refractivity contribution in [1.82, 2.24) is 9.97 Å². The Kier molecular flexibility index (Phi) is 77.7. The van der Waals surface area contributed by atoms with Crippen LogP contribution in [0, 0.1) is 7.43 Å². The summed E-state index contributed by atoms with van der Waals surface area (Å²) < 4.78 is 1.22. The summed E-state index contributed by atoms with van der Waals surface area (Å²) in [5, 5.41) is 0. The summed E-state index contributed by atoms with van der Waals surface area (Å²) in [6.45, 7) is 21.4. The van der Waals surface area contributed by atoms with Gasteiger partial charge in [-0.05, 0) is 28.7 Å².